The molecule has 1 saturated carbocycles. The van der Waals surface area contributed by atoms with Gasteiger partial charge >= 0.3 is 5.69 Å². The molecule has 0 N–H and O–H groups in total. The minimum atomic E-state index is -0.350. The van der Waals surface area contributed by atoms with E-state index in [4.69, 9.17) is 4.74 Å². The van der Waals surface area contributed by atoms with Gasteiger partial charge in [-0.05, 0) is 32.0 Å². The van der Waals surface area contributed by atoms with Gasteiger partial charge in [0.1, 0.15) is 0 Å². The SMILES string of the molecule is CN1CCN(c2ccc(OC3CC3)c([N+](=O)[O-])c2)CC1. The first-order valence-electron chi connectivity index (χ1n) is 7.02. The smallest absolute Gasteiger partial charge is 0.312 e. The van der Waals surface area contributed by atoms with Gasteiger partial charge in [0.2, 0.25) is 0 Å². The molecule has 6 heteroatoms. The second-order valence-corrected chi connectivity index (χ2v) is 5.52. The molecule has 0 unspecified atom stereocenters. The van der Waals surface area contributed by atoms with Gasteiger partial charge in [0, 0.05) is 37.9 Å². The Morgan fingerprint density at radius 3 is 2.55 bits per heavy atom. The molecule has 0 amide bonds. The fraction of sp³-hybridized carbons (Fsp3) is 0.571. The summed E-state index contributed by atoms with van der Waals surface area (Å²) >= 11 is 0. The molecule has 1 saturated heterocycles. The van der Waals surface area contributed by atoms with Crippen LogP contribution < -0.4 is 9.64 Å². The van der Waals surface area contributed by atoms with Crippen LogP contribution in [0.4, 0.5) is 11.4 Å². The van der Waals surface area contributed by atoms with Gasteiger partial charge in [-0.25, -0.2) is 0 Å². The highest BCUT2D eigenvalue weighted by atomic mass is 16.6. The summed E-state index contributed by atoms with van der Waals surface area (Å²) in [4.78, 5) is 15.3. The van der Waals surface area contributed by atoms with Gasteiger partial charge in [-0.3, -0.25) is 10.1 Å². The van der Waals surface area contributed by atoms with Gasteiger partial charge in [0.15, 0.2) is 5.75 Å². The third kappa shape index (κ3) is 2.85. The van der Waals surface area contributed by atoms with Crippen molar-refractivity contribution in [1.29, 1.82) is 0 Å². The van der Waals surface area contributed by atoms with Crippen LogP contribution in [0.25, 0.3) is 0 Å². The highest BCUT2D eigenvalue weighted by Crippen LogP contribution is 2.36. The summed E-state index contributed by atoms with van der Waals surface area (Å²) in [5.41, 5.74) is 0.987. The molecule has 20 heavy (non-hydrogen) atoms. The van der Waals surface area contributed by atoms with Crippen LogP contribution in [0.1, 0.15) is 12.8 Å². The Morgan fingerprint density at radius 1 is 1.25 bits per heavy atom. The lowest BCUT2D eigenvalue weighted by atomic mass is 10.2. The zero-order valence-corrected chi connectivity index (χ0v) is 11.6. The number of piperazine rings is 1. The normalized spacial score (nSPS) is 19.9. The minimum Gasteiger partial charge on any atom is -0.483 e. The molecule has 3 rings (SSSR count). The van der Waals surface area contributed by atoms with Gasteiger partial charge in [-0.1, -0.05) is 0 Å². The average Bonchev–Trinajstić information content (AvgIpc) is 3.24. The van der Waals surface area contributed by atoms with Gasteiger partial charge < -0.3 is 14.5 Å². The van der Waals surface area contributed by atoms with Gasteiger partial charge in [0.05, 0.1) is 11.0 Å². The van der Waals surface area contributed by atoms with Crippen molar-refractivity contribution in [2.75, 3.05) is 38.1 Å². The predicted octanol–water partition coefficient (Wildman–Crippen LogP) is 1.89. The van der Waals surface area contributed by atoms with E-state index in [0.717, 1.165) is 44.7 Å². The first-order chi connectivity index (χ1) is 9.63. The maximum absolute atomic E-state index is 11.2. The van der Waals surface area contributed by atoms with E-state index in [1.165, 1.54) is 0 Å². The highest BCUT2D eigenvalue weighted by Gasteiger charge is 2.28. The molecule has 2 fully saturated rings. The monoisotopic (exact) mass is 277 g/mol. The van der Waals surface area contributed by atoms with Crippen molar-refractivity contribution >= 4 is 11.4 Å². The minimum absolute atomic E-state index is 0.0772. The van der Waals surface area contributed by atoms with Gasteiger partial charge in [-0.15, -0.1) is 0 Å². The molecule has 1 heterocycles. The molecule has 1 aromatic carbocycles. The maximum atomic E-state index is 11.2. The Balaban J connectivity index is 1.81. The zero-order valence-electron chi connectivity index (χ0n) is 11.6. The average molecular weight is 277 g/mol. The van der Waals surface area contributed by atoms with Crippen LogP contribution in [0.15, 0.2) is 18.2 Å². The maximum Gasteiger partial charge on any atom is 0.312 e. The lowest BCUT2D eigenvalue weighted by molar-refractivity contribution is -0.385. The Kier molecular flexibility index (Phi) is 3.48. The number of nitro benzene ring substituents is 1. The fourth-order valence-corrected chi connectivity index (χ4v) is 2.37. The third-order valence-corrected chi connectivity index (χ3v) is 3.83. The number of nitrogens with zero attached hydrogens (tertiary/aromatic N) is 3. The number of hydrogen-bond acceptors (Lipinski definition) is 5. The zero-order chi connectivity index (χ0) is 14.1. The summed E-state index contributed by atoms with van der Waals surface area (Å²) in [6.45, 7) is 3.76. The largest absolute Gasteiger partial charge is 0.483 e. The standard InChI is InChI=1S/C14H19N3O3/c1-15-6-8-16(9-7-15)11-2-5-14(20-12-3-4-12)13(10-11)17(18)19/h2,5,10,12H,3-4,6-9H2,1H3. The van der Waals surface area contributed by atoms with Crippen molar-refractivity contribution in [3.05, 3.63) is 28.3 Å². The molecule has 0 radical (unpaired) electrons. The number of nitro groups is 1. The van der Waals surface area contributed by atoms with Crippen LogP contribution in [0.3, 0.4) is 0 Å². The summed E-state index contributed by atoms with van der Waals surface area (Å²) in [5.74, 6) is 0.398. The van der Waals surface area contributed by atoms with Crippen LogP contribution in [-0.2, 0) is 0 Å². The van der Waals surface area contributed by atoms with E-state index in [1.54, 1.807) is 12.1 Å². The number of ether oxygens (including phenoxy) is 1. The second kappa shape index (κ2) is 5.28. The second-order valence-electron chi connectivity index (χ2n) is 5.52. The van der Waals surface area contributed by atoms with E-state index in [0.29, 0.717) is 5.75 Å². The Morgan fingerprint density at radius 2 is 1.95 bits per heavy atom. The lowest BCUT2D eigenvalue weighted by Crippen LogP contribution is -2.44. The number of rotatable bonds is 4. The van der Waals surface area contributed by atoms with E-state index < -0.39 is 0 Å². The molecule has 0 aromatic heterocycles. The van der Waals surface area contributed by atoms with Crippen molar-refractivity contribution in [3.8, 4) is 5.75 Å². The van der Waals surface area contributed by atoms with Crippen molar-refractivity contribution in [2.24, 2.45) is 0 Å². The molecular formula is C14H19N3O3. The molecular weight excluding hydrogens is 258 g/mol. The molecule has 6 nitrogen and oxygen atoms in total. The molecule has 2 aliphatic rings. The van der Waals surface area contributed by atoms with Crippen LogP contribution >= 0.6 is 0 Å². The van der Waals surface area contributed by atoms with Crippen molar-refractivity contribution in [2.45, 2.75) is 18.9 Å². The fourth-order valence-electron chi connectivity index (χ4n) is 2.37. The van der Waals surface area contributed by atoms with E-state index in [1.807, 2.05) is 6.07 Å². The summed E-state index contributed by atoms with van der Waals surface area (Å²) in [6.07, 6.45) is 2.16. The Labute approximate surface area is 118 Å². The molecule has 1 aliphatic carbocycles. The molecule has 0 atom stereocenters. The molecule has 1 aromatic rings. The number of benzene rings is 1. The van der Waals surface area contributed by atoms with Crippen LogP contribution in [0, 0.1) is 10.1 Å². The van der Waals surface area contributed by atoms with E-state index in [9.17, 15) is 10.1 Å². The first-order valence-corrected chi connectivity index (χ1v) is 7.02. The van der Waals surface area contributed by atoms with E-state index in [2.05, 4.69) is 16.8 Å². The highest BCUT2D eigenvalue weighted by molar-refractivity contribution is 5.60. The lowest BCUT2D eigenvalue weighted by Gasteiger charge is -2.34. The Bertz CT molecular complexity index is 508. The number of hydrogen-bond donors (Lipinski definition) is 0. The predicted molar refractivity (Wildman–Crippen MR) is 76.5 cm³/mol. The number of anilines is 1. The van der Waals surface area contributed by atoms with Gasteiger partial charge in [0.25, 0.3) is 0 Å². The summed E-state index contributed by atoms with van der Waals surface area (Å²) < 4.78 is 5.61. The van der Waals surface area contributed by atoms with Crippen molar-refractivity contribution in [1.82, 2.24) is 4.90 Å². The molecule has 1 aliphatic heterocycles. The van der Waals surface area contributed by atoms with E-state index >= 15 is 0 Å². The van der Waals surface area contributed by atoms with Crippen molar-refractivity contribution in [3.63, 3.8) is 0 Å². The van der Waals surface area contributed by atoms with Crippen LogP contribution in [0.2, 0.25) is 0 Å². The molecule has 0 bridgehead atoms. The first kappa shape index (κ1) is 13.2. The van der Waals surface area contributed by atoms with E-state index in [-0.39, 0.29) is 16.7 Å². The van der Waals surface area contributed by atoms with Crippen LogP contribution in [0.5, 0.6) is 5.75 Å². The summed E-state index contributed by atoms with van der Waals surface area (Å²) in [7, 11) is 2.09. The number of likely N-dealkylation sites (N-methyl/N-ethyl adjacent to an activating group) is 1. The van der Waals surface area contributed by atoms with Gasteiger partial charge in [-0.2, -0.15) is 0 Å². The molecule has 108 valence electrons. The Hall–Kier alpha value is -1.82. The molecule has 0 spiro atoms. The van der Waals surface area contributed by atoms with Crippen LogP contribution in [-0.4, -0.2) is 49.2 Å². The topological polar surface area (TPSA) is 58.8 Å². The quantitative estimate of drug-likeness (QED) is 0.621. The summed E-state index contributed by atoms with van der Waals surface area (Å²) in [5, 5.41) is 11.2. The van der Waals surface area contributed by atoms with Crippen molar-refractivity contribution < 1.29 is 9.66 Å². The third-order valence-electron chi connectivity index (χ3n) is 3.83. The summed E-state index contributed by atoms with van der Waals surface area (Å²) in [6, 6.07) is 5.31.